The van der Waals surface area contributed by atoms with Gasteiger partial charge >= 0.3 is 7.52 Å². The van der Waals surface area contributed by atoms with Crippen molar-refractivity contribution in [2.75, 3.05) is 6.54 Å². The van der Waals surface area contributed by atoms with E-state index >= 15 is 0 Å². The quantitative estimate of drug-likeness (QED) is 0.842. The van der Waals surface area contributed by atoms with Crippen molar-refractivity contribution in [3.05, 3.63) is 48.5 Å². The molecule has 4 heteroatoms. The number of hydrogen-bond donors (Lipinski definition) is 1. The Balaban J connectivity index is 2.26. The van der Waals surface area contributed by atoms with E-state index < -0.39 is 7.52 Å². The van der Waals surface area contributed by atoms with Crippen molar-refractivity contribution in [1.29, 1.82) is 0 Å². The summed E-state index contributed by atoms with van der Waals surface area (Å²) < 4.78 is 18.6. The van der Waals surface area contributed by atoms with Crippen molar-refractivity contribution >= 4 is 12.8 Å². The molecular weight excluding hydrogens is 245 g/mol. The fourth-order valence-corrected chi connectivity index (χ4v) is 4.22. The van der Waals surface area contributed by atoms with E-state index in [4.69, 9.17) is 4.52 Å². The summed E-state index contributed by atoms with van der Waals surface area (Å²) in [6.07, 6.45) is 0. The second-order valence-corrected chi connectivity index (χ2v) is 6.25. The molecule has 0 bridgehead atoms. The van der Waals surface area contributed by atoms with E-state index in [9.17, 15) is 4.57 Å². The Hall–Kier alpha value is -1.57. The molecule has 3 rings (SSSR count). The van der Waals surface area contributed by atoms with Crippen LogP contribution in [-0.2, 0) is 4.57 Å². The zero-order valence-electron chi connectivity index (χ0n) is 10.1. The van der Waals surface area contributed by atoms with E-state index in [-0.39, 0.29) is 0 Å². The second kappa shape index (κ2) is 4.27. The maximum absolute atomic E-state index is 12.9. The molecule has 1 heterocycles. The van der Waals surface area contributed by atoms with Crippen LogP contribution < -0.4 is 14.9 Å². The van der Waals surface area contributed by atoms with Gasteiger partial charge in [0.15, 0.2) is 0 Å². The lowest BCUT2D eigenvalue weighted by molar-refractivity contribution is 0.479. The second-order valence-electron chi connectivity index (χ2n) is 4.17. The van der Waals surface area contributed by atoms with Gasteiger partial charge in [0.05, 0.1) is 5.30 Å². The monoisotopic (exact) mass is 259 g/mol. The Morgan fingerprint density at radius 1 is 1.06 bits per heavy atom. The summed E-state index contributed by atoms with van der Waals surface area (Å²) in [4.78, 5) is 0. The van der Waals surface area contributed by atoms with Crippen LogP contribution >= 0.6 is 7.52 Å². The maximum atomic E-state index is 12.9. The minimum atomic E-state index is -2.99. The first kappa shape index (κ1) is 11.5. The molecule has 1 aliphatic heterocycles. The molecule has 0 aromatic heterocycles. The van der Waals surface area contributed by atoms with E-state index in [0.717, 1.165) is 16.4 Å². The summed E-state index contributed by atoms with van der Waals surface area (Å²) in [6, 6.07) is 15.4. The van der Waals surface area contributed by atoms with Gasteiger partial charge in [-0.25, -0.2) is 5.09 Å². The Labute approximate surface area is 106 Å². The lowest BCUT2D eigenvalue weighted by Crippen LogP contribution is -2.27. The zero-order chi connectivity index (χ0) is 12.6. The Bertz CT molecular complexity index is 639. The van der Waals surface area contributed by atoms with Crippen LogP contribution in [0, 0.1) is 0 Å². The standard InChI is InChI=1S/C14H14NO2P/c1-2-15-18(16)14-10-6-4-8-12(14)11-7-3-5-9-13(11)17-18/h3-10H,2H2,1H3,(H,15,16). The fourth-order valence-electron chi connectivity index (χ4n) is 2.24. The molecule has 0 radical (unpaired) electrons. The molecule has 92 valence electrons. The van der Waals surface area contributed by atoms with Crippen LogP contribution in [0.4, 0.5) is 0 Å². The van der Waals surface area contributed by atoms with E-state index in [2.05, 4.69) is 5.09 Å². The summed E-state index contributed by atoms with van der Waals surface area (Å²) in [5.41, 5.74) is 1.99. The van der Waals surface area contributed by atoms with Gasteiger partial charge in [0, 0.05) is 17.7 Å². The van der Waals surface area contributed by atoms with Crippen LogP contribution in [0.25, 0.3) is 11.1 Å². The third kappa shape index (κ3) is 1.67. The molecular formula is C14H14NO2P. The third-order valence-electron chi connectivity index (χ3n) is 2.99. The molecule has 2 aromatic carbocycles. The predicted molar refractivity (Wildman–Crippen MR) is 73.4 cm³/mol. The molecule has 1 unspecified atom stereocenters. The van der Waals surface area contributed by atoms with E-state index in [1.165, 1.54) is 0 Å². The van der Waals surface area contributed by atoms with Gasteiger partial charge in [-0.1, -0.05) is 43.3 Å². The SMILES string of the molecule is CCNP1(=O)Oc2ccccc2-c2ccccc21. The minimum absolute atomic E-state index is 0.605. The summed E-state index contributed by atoms with van der Waals surface area (Å²) in [5.74, 6) is 0.681. The van der Waals surface area contributed by atoms with Gasteiger partial charge in [-0.2, -0.15) is 0 Å². The maximum Gasteiger partial charge on any atom is 0.347 e. The van der Waals surface area contributed by atoms with Gasteiger partial charge in [-0.15, -0.1) is 0 Å². The highest BCUT2D eigenvalue weighted by molar-refractivity contribution is 7.65. The largest absolute Gasteiger partial charge is 0.429 e. The molecule has 0 fully saturated rings. The molecule has 1 aliphatic rings. The van der Waals surface area contributed by atoms with Crippen LogP contribution in [0.5, 0.6) is 5.75 Å². The van der Waals surface area contributed by atoms with Crippen LogP contribution in [-0.4, -0.2) is 6.54 Å². The van der Waals surface area contributed by atoms with Gasteiger partial charge in [-0.3, -0.25) is 4.57 Å². The predicted octanol–water partition coefficient (Wildman–Crippen LogP) is 3.17. The van der Waals surface area contributed by atoms with E-state index in [0.29, 0.717) is 12.3 Å². The summed E-state index contributed by atoms with van der Waals surface area (Å²) >= 11 is 0. The molecule has 0 saturated heterocycles. The summed E-state index contributed by atoms with van der Waals surface area (Å²) in [5, 5.41) is 3.75. The highest BCUT2D eigenvalue weighted by Crippen LogP contribution is 2.51. The number of rotatable bonds is 2. The summed E-state index contributed by atoms with van der Waals surface area (Å²) in [7, 11) is -2.99. The van der Waals surface area contributed by atoms with Gasteiger partial charge in [0.2, 0.25) is 0 Å². The molecule has 2 aromatic rings. The highest BCUT2D eigenvalue weighted by atomic mass is 31.2. The Kier molecular flexibility index (Phi) is 2.73. The Morgan fingerprint density at radius 3 is 2.50 bits per heavy atom. The fraction of sp³-hybridized carbons (Fsp3) is 0.143. The van der Waals surface area contributed by atoms with Crippen LogP contribution in [0.15, 0.2) is 48.5 Å². The number of hydrogen-bond acceptors (Lipinski definition) is 2. The van der Waals surface area contributed by atoms with Gasteiger partial charge in [0.25, 0.3) is 0 Å². The molecule has 0 aliphatic carbocycles. The number of para-hydroxylation sites is 1. The topological polar surface area (TPSA) is 38.3 Å². The molecule has 0 saturated carbocycles. The molecule has 3 nitrogen and oxygen atoms in total. The number of benzene rings is 2. The van der Waals surface area contributed by atoms with Gasteiger partial charge in [-0.05, 0) is 12.1 Å². The minimum Gasteiger partial charge on any atom is -0.429 e. The van der Waals surface area contributed by atoms with Gasteiger partial charge in [0.1, 0.15) is 5.75 Å². The van der Waals surface area contributed by atoms with Crippen LogP contribution in [0.1, 0.15) is 6.92 Å². The first-order chi connectivity index (χ1) is 8.74. The number of nitrogens with one attached hydrogen (secondary N) is 1. The first-order valence-electron chi connectivity index (χ1n) is 5.98. The summed E-state index contributed by atoms with van der Waals surface area (Å²) in [6.45, 7) is 2.53. The first-order valence-corrected chi connectivity index (χ1v) is 7.61. The average Bonchev–Trinajstić information content (AvgIpc) is 2.39. The van der Waals surface area contributed by atoms with E-state index in [1.807, 2.05) is 55.5 Å². The van der Waals surface area contributed by atoms with E-state index in [1.54, 1.807) is 0 Å². The lowest BCUT2D eigenvalue weighted by atomic mass is 10.0. The van der Waals surface area contributed by atoms with Crippen molar-refractivity contribution in [3.63, 3.8) is 0 Å². The van der Waals surface area contributed by atoms with Gasteiger partial charge < -0.3 is 4.52 Å². The van der Waals surface area contributed by atoms with Crippen molar-refractivity contribution in [2.24, 2.45) is 0 Å². The van der Waals surface area contributed by atoms with Crippen molar-refractivity contribution in [3.8, 4) is 16.9 Å². The Morgan fingerprint density at radius 2 is 1.72 bits per heavy atom. The third-order valence-corrected chi connectivity index (χ3v) is 5.20. The van der Waals surface area contributed by atoms with Crippen LogP contribution in [0.3, 0.4) is 0 Å². The van der Waals surface area contributed by atoms with Crippen molar-refractivity contribution in [2.45, 2.75) is 6.92 Å². The van der Waals surface area contributed by atoms with Crippen LogP contribution in [0.2, 0.25) is 0 Å². The van der Waals surface area contributed by atoms with Crippen molar-refractivity contribution < 1.29 is 9.09 Å². The average molecular weight is 259 g/mol. The normalized spacial score (nSPS) is 20.7. The zero-order valence-corrected chi connectivity index (χ0v) is 11.0. The van der Waals surface area contributed by atoms with Crippen molar-refractivity contribution in [1.82, 2.24) is 5.09 Å². The molecule has 0 amide bonds. The molecule has 1 atom stereocenters. The highest BCUT2D eigenvalue weighted by Gasteiger charge is 2.34. The lowest BCUT2D eigenvalue weighted by Gasteiger charge is -2.28. The molecule has 1 N–H and O–H groups in total. The smallest absolute Gasteiger partial charge is 0.347 e. The molecule has 0 spiro atoms. The molecule has 18 heavy (non-hydrogen) atoms. The number of fused-ring (bicyclic) bond motifs is 3.